The summed E-state index contributed by atoms with van der Waals surface area (Å²) in [6.07, 6.45) is 0.417. The van der Waals surface area contributed by atoms with Gasteiger partial charge in [0.1, 0.15) is 0 Å². The van der Waals surface area contributed by atoms with Gasteiger partial charge in [-0.2, -0.15) is 0 Å². The van der Waals surface area contributed by atoms with Gasteiger partial charge in [0, 0.05) is 23.7 Å². The number of benzene rings is 1. The third-order valence-corrected chi connectivity index (χ3v) is 5.74. The number of hydrogen-bond acceptors (Lipinski definition) is 6. The summed E-state index contributed by atoms with van der Waals surface area (Å²) < 4.78 is 28.4. The standard InChI is InChI=1S/C14H14ClN3O4S/c1-18(11-5-6-23(20,21)8-11)14(19)13-17-16-12(22-13)9-3-2-4-10(15)7-9/h2-4,7,11H,5-6,8H2,1H3. The zero-order valence-electron chi connectivity index (χ0n) is 12.3. The summed E-state index contributed by atoms with van der Waals surface area (Å²) >= 11 is 5.91. The molecule has 0 radical (unpaired) electrons. The molecule has 1 fully saturated rings. The van der Waals surface area contributed by atoms with E-state index in [1.54, 1.807) is 24.3 Å². The Morgan fingerprint density at radius 2 is 2.17 bits per heavy atom. The highest BCUT2D eigenvalue weighted by Gasteiger charge is 2.34. The van der Waals surface area contributed by atoms with Crippen molar-refractivity contribution in [2.45, 2.75) is 12.5 Å². The van der Waals surface area contributed by atoms with Crippen LogP contribution in [0.25, 0.3) is 11.5 Å². The van der Waals surface area contributed by atoms with E-state index in [0.717, 1.165) is 0 Å². The van der Waals surface area contributed by atoms with Crippen molar-refractivity contribution in [3.05, 3.63) is 35.2 Å². The normalized spacial score (nSPS) is 19.7. The number of nitrogens with zero attached hydrogens (tertiary/aromatic N) is 3. The summed E-state index contributed by atoms with van der Waals surface area (Å²) in [5.74, 6) is -0.430. The van der Waals surface area contributed by atoms with E-state index < -0.39 is 15.7 Å². The second-order valence-electron chi connectivity index (χ2n) is 5.40. The lowest BCUT2D eigenvalue weighted by molar-refractivity contribution is 0.0708. The Morgan fingerprint density at radius 1 is 1.39 bits per heavy atom. The molecule has 1 amide bonds. The molecule has 3 rings (SSSR count). The predicted octanol–water partition coefficient (Wildman–Crippen LogP) is 1.65. The van der Waals surface area contributed by atoms with Crippen molar-refractivity contribution in [1.29, 1.82) is 0 Å². The number of amides is 1. The predicted molar refractivity (Wildman–Crippen MR) is 83.9 cm³/mol. The van der Waals surface area contributed by atoms with Crippen LogP contribution in [0.2, 0.25) is 5.02 Å². The van der Waals surface area contributed by atoms with Crippen LogP contribution in [0.5, 0.6) is 0 Å². The van der Waals surface area contributed by atoms with E-state index in [1.165, 1.54) is 11.9 Å². The van der Waals surface area contributed by atoms with Crippen LogP contribution in [-0.4, -0.2) is 54.0 Å². The molecule has 0 N–H and O–H groups in total. The molecule has 2 heterocycles. The van der Waals surface area contributed by atoms with Gasteiger partial charge in [0.15, 0.2) is 9.84 Å². The van der Waals surface area contributed by atoms with E-state index in [4.69, 9.17) is 16.0 Å². The second-order valence-corrected chi connectivity index (χ2v) is 8.06. The Kier molecular flexibility index (Phi) is 4.11. The third kappa shape index (κ3) is 3.37. The number of rotatable bonds is 3. The van der Waals surface area contributed by atoms with Gasteiger partial charge in [0.25, 0.3) is 0 Å². The van der Waals surface area contributed by atoms with Crippen LogP contribution < -0.4 is 0 Å². The Hall–Kier alpha value is -1.93. The molecule has 7 nitrogen and oxygen atoms in total. The Labute approximate surface area is 138 Å². The number of halogens is 1. The minimum atomic E-state index is -3.07. The van der Waals surface area contributed by atoms with E-state index in [2.05, 4.69) is 10.2 Å². The zero-order valence-corrected chi connectivity index (χ0v) is 13.8. The topological polar surface area (TPSA) is 93.4 Å². The first kappa shape index (κ1) is 15.9. The molecule has 0 aliphatic carbocycles. The van der Waals surface area contributed by atoms with Crippen molar-refractivity contribution in [3.8, 4) is 11.5 Å². The van der Waals surface area contributed by atoms with Crippen LogP contribution in [0.3, 0.4) is 0 Å². The number of hydrogen-bond donors (Lipinski definition) is 0. The van der Waals surface area contributed by atoms with Crippen LogP contribution in [-0.2, 0) is 9.84 Å². The summed E-state index contributed by atoms with van der Waals surface area (Å²) in [4.78, 5) is 13.7. The lowest BCUT2D eigenvalue weighted by Crippen LogP contribution is -2.38. The molecular formula is C14H14ClN3O4S. The summed E-state index contributed by atoms with van der Waals surface area (Å²) in [6.45, 7) is 0. The molecule has 1 aliphatic rings. The summed E-state index contributed by atoms with van der Waals surface area (Å²) in [5, 5.41) is 8.11. The maximum absolute atomic E-state index is 12.4. The third-order valence-electron chi connectivity index (χ3n) is 3.76. The smallest absolute Gasteiger partial charge is 0.311 e. The number of carbonyl (C=O) groups is 1. The van der Waals surface area contributed by atoms with Crippen LogP contribution >= 0.6 is 11.6 Å². The molecule has 0 saturated carbocycles. The van der Waals surface area contributed by atoms with Gasteiger partial charge in [-0.3, -0.25) is 4.79 Å². The van der Waals surface area contributed by atoms with E-state index in [9.17, 15) is 13.2 Å². The Morgan fingerprint density at radius 3 is 2.83 bits per heavy atom. The van der Waals surface area contributed by atoms with Crippen LogP contribution in [0.15, 0.2) is 28.7 Å². The van der Waals surface area contributed by atoms with Gasteiger partial charge in [-0.05, 0) is 24.6 Å². The quantitative estimate of drug-likeness (QED) is 0.831. The van der Waals surface area contributed by atoms with Gasteiger partial charge >= 0.3 is 11.8 Å². The molecule has 1 unspecified atom stereocenters. The van der Waals surface area contributed by atoms with E-state index in [0.29, 0.717) is 17.0 Å². The van der Waals surface area contributed by atoms with Gasteiger partial charge < -0.3 is 9.32 Å². The average Bonchev–Trinajstić information content (AvgIpc) is 3.12. The molecule has 1 saturated heterocycles. The molecule has 0 bridgehead atoms. The monoisotopic (exact) mass is 355 g/mol. The minimum Gasteiger partial charge on any atom is -0.412 e. The van der Waals surface area contributed by atoms with E-state index in [1.807, 2.05) is 0 Å². The van der Waals surface area contributed by atoms with Crippen molar-refractivity contribution >= 4 is 27.3 Å². The molecule has 2 aromatic rings. The van der Waals surface area contributed by atoms with Gasteiger partial charge in [0.05, 0.1) is 11.5 Å². The molecular weight excluding hydrogens is 342 g/mol. The van der Waals surface area contributed by atoms with Gasteiger partial charge in [0.2, 0.25) is 5.89 Å². The van der Waals surface area contributed by atoms with Crippen molar-refractivity contribution in [2.75, 3.05) is 18.6 Å². The van der Waals surface area contributed by atoms with Gasteiger partial charge in [-0.1, -0.05) is 17.7 Å². The van der Waals surface area contributed by atoms with Crippen LogP contribution in [0, 0.1) is 0 Å². The Balaban J connectivity index is 1.79. The Bertz CT molecular complexity index is 849. The van der Waals surface area contributed by atoms with Gasteiger partial charge in [-0.15, -0.1) is 10.2 Å². The SMILES string of the molecule is CN(C(=O)c1nnc(-c2cccc(Cl)c2)o1)C1CCS(=O)(=O)C1. The summed E-state index contributed by atoms with van der Waals surface area (Å²) in [5.41, 5.74) is 0.607. The highest BCUT2D eigenvalue weighted by Crippen LogP contribution is 2.23. The van der Waals surface area contributed by atoms with E-state index in [-0.39, 0.29) is 29.3 Å². The number of sulfone groups is 1. The average molecular weight is 356 g/mol. The first-order chi connectivity index (χ1) is 10.9. The van der Waals surface area contributed by atoms with Crippen molar-refractivity contribution in [3.63, 3.8) is 0 Å². The summed E-state index contributed by atoms with van der Waals surface area (Å²) in [6, 6.07) is 6.46. The fourth-order valence-corrected chi connectivity index (χ4v) is 4.41. The zero-order chi connectivity index (χ0) is 16.6. The maximum Gasteiger partial charge on any atom is 0.311 e. The highest BCUT2D eigenvalue weighted by atomic mass is 35.5. The second kappa shape index (κ2) is 5.93. The molecule has 9 heteroatoms. The lowest BCUT2D eigenvalue weighted by Gasteiger charge is -2.21. The van der Waals surface area contributed by atoms with Crippen molar-refractivity contribution < 1.29 is 17.6 Å². The molecule has 1 aromatic heterocycles. The van der Waals surface area contributed by atoms with Crippen LogP contribution in [0.4, 0.5) is 0 Å². The molecule has 1 aromatic carbocycles. The summed E-state index contributed by atoms with van der Waals surface area (Å²) in [7, 11) is -1.54. The molecule has 23 heavy (non-hydrogen) atoms. The number of carbonyl (C=O) groups excluding carboxylic acids is 1. The van der Waals surface area contributed by atoms with Gasteiger partial charge in [-0.25, -0.2) is 8.42 Å². The molecule has 1 aliphatic heterocycles. The maximum atomic E-state index is 12.4. The van der Waals surface area contributed by atoms with Crippen LogP contribution in [0.1, 0.15) is 17.1 Å². The fourth-order valence-electron chi connectivity index (χ4n) is 2.45. The largest absolute Gasteiger partial charge is 0.412 e. The van der Waals surface area contributed by atoms with Crippen molar-refractivity contribution in [1.82, 2.24) is 15.1 Å². The molecule has 0 spiro atoms. The molecule has 1 atom stereocenters. The molecule has 122 valence electrons. The minimum absolute atomic E-state index is 0.0372. The first-order valence-corrected chi connectivity index (χ1v) is 9.13. The lowest BCUT2D eigenvalue weighted by atomic mass is 10.2. The van der Waals surface area contributed by atoms with Crippen molar-refractivity contribution in [2.24, 2.45) is 0 Å². The first-order valence-electron chi connectivity index (χ1n) is 6.93. The number of aromatic nitrogens is 2. The van der Waals surface area contributed by atoms with E-state index >= 15 is 0 Å². The highest BCUT2D eigenvalue weighted by molar-refractivity contribution is 7.91. The fraction of sp³-hybridized carbons (Fsp3) is 0.357.